The molecule has 0 radical (unpaired) electrons. The minimum absolute atomic E-state index is 0.185. The van der Waals surface area contributed by atoms with Gasteiger partial charge in [-0.15, -0.1) is 0 Å². The first-order chi connectivity index (χ1) is 7.27. The van der Waals surface area contributed by atoms with E-state index < -0.39 is 11.6 Å². The number of aliphatic hydroxyl groups is 1. The zero-order valence-electron chi connectivity index (χ0n) is 10.4. The molecule has 1 aliphatic heterocycles. The van der Waals surface area contributed by atoms with Gasteiger partial charge in [-0.3, -0.25) is 4.90 Å². The molecule has 4 nitrogen and oxygen atoms in total. The average molecular weight is 247 g/mol. The van der Waals surface area contributed by atoms with Gasteiger partial charge >= 0.3 is 5.97 Å². The quantitative estimate of drug-likeness (QED) is 0.745. The number of esters is 1. The van der Waals surface area contributed by atoms with E-state index in [1.54, 1.807) is 0 Å². The Kier molecular flexibility index (Phi) is 4.26. The molecule has 0 spiro atoms. The van der Waals surface area contributed by atoms with Gasteiger partial charge in [-0.1, -0.05) is 0 Å². The van der Waals surface area contributed by atoms with Gasteiger partial charge in [-0.05, 0) is 20.8 Å². The minimum atomic E-state index is -1.41. The lowest BCUT2D eigenvalue weighted by Gasteiger charge is -2.39. The molecule has 1 fully saturated rings. The molecule has 94 valence electrons. The van der Waals surface area contributed by atoms with Gasteiger partial charge in [-0.25, -0.2) is 4.79 Å². The Labute approximate surface area is 101 Å². The van der Waals surface area contributed by atoms with E-state index in [1.165, 1.54) is 14.0 Å². The lowest BCUT2D eigenvalue weighted by Crippen LogP contribution is -2.52. The van der Waals surface area contributed by atoms with Crippen LogP contribution in [0.2, 0.25) is 0 Å². The molecule has 1 rings (SSSR count). The molecule has 1 unspecified atom stereocenters. The first-order valence-corrected chi connectivity index (χ1v) is 6.42. The van der Waals surface area contributed by atoms with Crippen LogP contribution in [-0.4, -0.2) is 58.8 Å². The van der Waals surface area contributed by atoms with Crippen molar-refractivity contribution in [3.05, 3.63) is 0 Å². The summed E-state index contributed by atoms with van der Waals surface area (Å²) in [6.07, 6.45) is 0. The molecule has 5 heteroatoms. The Morgan fingerprint density at radius 3 is 2.75 bits per heavy atom. The van der Waals surface area contributed by atoms with Crippen molar-refractivity contribution in [2.75, 3.05) is 32.5 Å². The summed E-state index contributed by atoms with van der Waals surface area (Å²) in [5, 5.41) is 9.98. The van der Waals surface area contributed by atoms with Crippen LogP contribution in [0.4, 0.5) is 0 Å². The Hall–Kier alpha value is -0.260. The minimum Gasteiger partial charge on any atom is -0.467 e. The van der Waals surface area contributed by atoms with E-state index in [0.29, 0.717) is 6.54 Å². The monoisotopic (exact) mass is 247 g/mol. The largest absolute Gasteiger partial charge is 0.467 e. The van der Waals surface area contributed by atoms with Gasteiger partial charge in [0.15, 0.2) is 5.60 Å². The maximum absolute atomic E-state index is 11.4. The number of methoxy groups -OCH3 is 1. The Morgan fingerprint density at radius 2 is 2.25 bits per heavy atom. The SMILES string of the molecule is COC(=O)C(C)(O)CN1CCSC(C)(C)C1. The fourth-order valence-corrected chi connectivity index (χ4v) is 3.14. The third-order valence-corrected chi connectivity index (χ3v) is 3.96. The van der Waals surface area contributed by atoms with E-state index in [9.17, 15) is 9.90 Å². The molecule has 0 aromatic carbocycles. The molecule has 1 heterocycles. The van der Waals surface area contributed by atoms with Crippen LogP contribution in [0, 0.1) is 0 Å². The van der Waals surface area contributed by atoms with Crippen LogP contribution < -0.4 is 0 Å². The molecule has 1 aliphatic rings. The Morgan fingerprint density at radius 1 is 1.62 bits per heavy atom. The molecule has 0 amide bonds. The number of carbonyl (C=O) groups excluding carboxylic acids is 1. The normalized spacial score (nSPS) is 24.8. The maximum Gasteiger partial charge on any atom is 0.338 e. The van der Waals surface area contributed by atoms with Gasteiger partial charge in [0, 0.05) is 30.1 Å². The van der Waals surface area contributed by atoms with Crippen molar-refractivity contribution >= 4 is 17.7 Å². The fraction of sp³-hybridized carbons (Fsp3) is 0.909. The van der Waals surface area contributed by atoms with E-state index in [4.69, 9.17) is 0 Å². The number of rotatable bonds is 3. The summed E-state index contributed by atoms with van der Waals surface area (Å²) < 4.78 is 4.77. The van der Waals surface area contributed by atoms with E-state index in [2.05, 4.69) is 23.5 Å². The fourth-order valence-electron chi connectivity index (χ4n) is 1.97. The maximum atomic E-state index is 11.4. The molecule has 0 aromatic heterocycles. The number of thioether (sulfide) groups is 1. The first kappa shape index (κ1) is 13.8. The number of β-amino-alcohol motifs (C(OH)–C–C–N with tert-alkyl or cyclic N) is 1. The first-order valence-electron chi connectivity index (χ1n) is 5.44. The molecule has 16 heavy (non-hydrogen) atoms. The van der Waals surface area contributed by atoms with Gasteiger partial charge in [0.25, 0.3) is 0 Å². The van der Waals surface area contributed by atoms with Crippen molar-refractivity contribution in [3.63, 3.8) is 0 Å². The van der Waals surface area contributed by atoms with Crippen LogP contribution in [0.15, 0.2) is 0 Å². The van der Waals surface area contributed by atoms with Crippen LogP contribution in [0.3, 0.4) is 0 Å². The summed E-state index contributed by atoms with van der Waals surface area (Å²) in [5.41, 5.74) is -1.41. The summed E-state index contributed by atoms with van der Waals surface area (Å²) in [6.45, 7) is 7.98. The highest BCUT2D eigenvalue weighted by Crippen LogP contribution is 2.30. The second-order valence-corrected chi connectivity index (χ2v) is 6.89. The highest BCUT2D eigenvalue weighted by molar-refractivity contribution is 8.00. The zero-order valence-corrected chi connectivity index (χ0v) is 11.3. The third-order valence-electron chi connectivity index (χ3n) is 2.66. The number of hydrogen-bond acceptors (Lipinski definition) is 5. The van der Waals surface area contributed by atoms with E-state index >= 15 is 0 Å². The smallest absolute Gasteiger partial charge is 0.338 e. The molecular formula is C11H21NO3S. The number of nitrogens with zero attached hydrogens (tertiary/aromatic N) is 1. The van der Waals surface area contributed by atoms with Crippen LogP contribution in [0.1, 0.15) is 20.8 Å². The topological polar surface area (TPSA) is 49.8 Å². The van der Waals surface area contributed by atoms with Gasteiger partial charge in [0.2, 0.25) is 0 Å². The van der Waals surface area contributed by atoms with Crippen LogP contribution >= 0.6 is 11.8 Å². The van der Waals surface area contributed by atoms with E-state index in [1.807, 2.05) is 11.8 Å². The summed E-state index contributed by atoms with van der Waals surface area (Å²) in [6, 6.07) is 0. The molecule has 0 aromatic rings. The lowest BCUT2D eigenvalue weighted by molar-refractivity contribution is -0.162. The molecule has 1 atom stereocenters. The van der Waals surface area contributed by atoms with Gasteiger partial charge in [-0.2, -0.15) is 11.8 Å². The predicted molar refractivity (Wildman–Crippen MR) is 65.6 cm³/mol. The molecular weight excluding hydrogens is 226 g/mol. The molecule has 0 bridgehead atoms. The van der Waals surface area contributed by atoms with Gasteiger partial charge < -0.3 is 9.84 Å². The molecule has 1 N–H and O–H groups in total. The van der Waals surface area contributed by atoms with Crippen molar-refractivity contribution < 1.29 is 14.6 Å². The van der Waals surface area contributed by atoms with Crippen LogP contribution in [-0.2, 0) is 9.53 Å². The van der Waals surface area contributed by atoms with Crippen LogP contribution in [0.5, 0.6) is 0 Å². The standard InChI is InChI=1S/C11H21NO3S/c1-10(2)7-12(5-6-16-10)8-11(3,14)9(13)15-4/h14H,5-8H2,1-4H3. The second-order valence-electron chi connectivity index (χ2n) is 5.08. The predicted octanol–water partition coefficient (Wildman–Crippen LogP) is 0.738. The van der Waals surface area contributed by atoms with E-state index in [-0.39, 0.29) is 4.75 Å². The average Bonchev–Trinajstić information content (AvgIpc) is 2.14. The Balaban J connectivity index is 2.57. The molecule has 0 aliphatic carbocycles. The highest BCUT2D eigenvalue weighted by atomic mass is 32.2. The summed E-state index contributed by atoms with van der Waals surface area (Å²) in [5.74, 6) is 0.466. The third kappa shape index (κ3) is 3.64. The molecule has 0 saturated carbocycles. The lowest BCUT2D eigenvalue weighted by atomic mass is 10.1. The zero-order chi connectivity index (χ0) is 12.4. The van der Waals surface area contributed by atoms with E-state index in [0.717, 1.165) is 18.8 Å². The van der Waals surface area contributed by atoms with Crippen molar-refractivity contribution in [1.82, 2.24) is 4.90 Å². The number of ether oxygens (including phenoxy) is 1. The summed E-state index contributed by atoms with van der Waals surface area (Å²) in [7, 11) is 1.30. The number of carbonyl (C=O) groups is 1. The molecule has 1 saturated heterocycles. The Bertz CT molecular complexity index is 266. The van der Waals surface area contributed by atoms with Crippen molar-refractivity contribution in [2.45, 2.75) is 31.1 Å². The second kappa shape index (κ2) is 4.94. The van der Waals surface area contributed by atoms with Crippen LogP contribution in [0.25, 0.3) is 0 Å². The summed E-state index contributed by atoms with van der Waals surface area (Å²) in [4.78, 5) is 13.5. The van der Waals surface area contributed by atoms with Crippen molar-refractivity contribution in [2.24, 2.45) is 0 Å². The van der Waals surface area contributed by atoms with Gasteiger partial charge in [0.05, 0.1) is 7.11 Å². The summed E-state index contributed by atoms with van der Waals surface area (Å²) >= 11 is 1.92. The van der Waals surface area contributed by atoms with Gasteiger partial charge in [0.1, 0.15) is 0 Å². The van der Waals surface area contributed by atoms with Crippen molar-refractivity contribution in [1.29, 1.82) is 0 Å². The van der Waals surface area contributed by atoms with Crippen molar-refractivity contribution in [3.8, 4) is 0 Å². The highest BCUT2D eigenvalue weighted by Gasteiger charge is 2.36. The number of hydrogen-bond donors (Lipinski definition) is 1.